The van der Waals surface area contributed by atoms with Crippen molar-refractivity contribution in [2.24, 2.45) is 0 Å². The smallest absolute Gasteiger partial charge is 0.257 e. The van der Waals surface area contributed by atoms with Crippen LogP contribution in [0.25, 0.3) is 10.2 Å². The van der Waals surface area contributed by atoms with E-state index < -0.39 is 11.7 Å². The summed E-state index contributed by atoms with van der Waals surface area (Å²) in [6.45, 7) is 0. The molecule has 0 saturated carbocycles. The first-order valence-corrected chi connectivity index (χ1v) is 10.1. The molecule has 0 aliphatic rings. The van der Waals surface area contributed by atoms with Crippen LogP contribution in [0.2, 0.25) is 0 Å². The van der Waals surface area contributed by atoms with Crippen molar-refractivity contribution in [2.45, 2.75) is 6.42 Å². The third-order valence-corrected chi connectivity index (χ3v) is 5.48. The quantitative estimate of drug-likeness (QED) is 0.447. The molecule has 3 aromatic carbocycles. The third-order valence-electron chi connectivity index (χ3n) is 4.24. The lowest BCUT2D eigenvalue weighted by Crippen LogP contribution is -2.34. The highest BCUT2D eigenvalue weighted by atomic mass is 32.1. The fourth-order valence-corrected chi connectivity index (χ4v) is 4.03. The van der Waals surface area contributed by atoms with Gasteiger partial charge in [0.2, 0.25) is 0 Å². The van der Waals surface area contributed by atoms with E-state index in [0.29, 0.717) is 5.56 Å². The zero-order valence-electron chi connectivity index (χ0n) is 15.2. The van der Waals surface area contributed by atoms with Crippen molar-refractivity contribution in [3.8, 4) is 0 Å². The minimum Gasteiger partial charge on any atom is -0.332 e. The van der Waals surface area contributed by atoms with Gasteiger partial charge in [-0.15, -0.1) is 11.3 Å². The summed E-state index contributed by atoms with van der Waals surface area (Å²) in [5.41, 5.74) is 3.26. The molecule has 1 aromatic heterocycles. The van der Waals surface area contributed by atoms with Crippen molar-refractivity contribution >= 4 is 50.5 Å². The van der Waals surface area contributed by atoms with Gasteiger partial charge >= 0.3 is 0 Å². The number of carbonyl (C=O) groups is 1. The number of thiazole rings is 1. The predicted molar refractivity (Wildman–Crippen MR) is 119 cm³/mol. The third kappa shape index (κ3) is 4.82. The normalized spacial score (nSPS) is 10.7. The SMILES string of the molecule is O=C(NC(=S)Nc1ccc(Cc2nc3ccccc3s2)cc1)c1ccc(F)cc1. The van der Waals surface area contributed by atoms with Crippen LogP contribution < -0.4 is 10.6 Å². The Kier molecular flexibility index (Phi) is 5.59. The van der Waals surface area contributed by atoms with E-state index in [1.807, 2.05) is 42.5 Å². The average Bonchev–Trinajstić information content (AvgIpc) is 3.12. The number of para-hydroxylation sites is 1. The van der Waals surface area contributed by atoms with Crippen LogP contribution in [-0.2, 0) is 6.42 Å². The summed E-state index contributed by atoms with van der Waals surface area (Å²) >= 11 is 6.88. The lowest BCUT2D eigenvalue weighted by Gasteiger charge is -2.10. The van der Waals surface area contributed by atoms with Gasteiger partial charge < -0.3 is 5.32 Å². The van der Waals surface area contributed by atoms with Gasteiger partial charge in [-0.3, -0.25) is 10.1 Å². The molecule has 4 nitrogen and oxygen atoms in total. The van der Waals surface area contributed by atoms with E-state index in [1.54, 1.807) is 11.3 Å². The van der Waals surface area contributed by atoms with Crippen LogP contribution in [0.1, 0.15) is 20.9 Å². The second kappa shape index (κ2) is 8.46. The van der Waals surface area contributed by atoms with Crippen LogP contribution in [-0.4, -0.2) is 16.0 Å². The number of anilines is 1. The summed E-state index contributed by atoms with van der Waals surface area (Å²) < 4.78 is 14.1. The van der Waals surface area contributed by atoms with Gasteiger partial charge in [-0.1, -0.05) is 24.3 Å². The number of rotatable bonds is 4. The lowest BCUT2D eigenvalue weighted by atomic mass is 10.1. The number of thiocarbonyl (C=S) groups is 1. The summed E-state index contributed by atoms with van der Waals surface area (Å²) in [6, 6.07) is 21.2. The molecule has 29 heavy (non-hydrogen) atoms. The van der Waals surface area contributed by atoms with Gasteiger partial charge in [0.05, 0.1) is 15.2 Å². The van der Waals surface area contributed by atoms with Crippen molar-refractivity contribution in [2.75, 3.05) is 5.32 Å². The van der Waals surface area contributed by atoms with Gasteiger partial charge in [0, 0.05) is 17.7 Å². The number of halogens is 1. The van der Waals surface area contributed by atoms with Crippen LogP contribution >= 0.6 is 23.6 Å². The standard InChI is InChI=1S/C22H16FN3OS2/c23-16-9-7-15(8-10-16)21(27)26-22(28)24-17-11-5-14(6-12-17)13-20-25-18-3-1-2-4-19(18)29-20/h1-12H,13H2,(H2,24,26,27,28). The van der Waals surface area contributed by atoms with Gasteiger partial charge in [0.15, 0.2) is 5.11 Å². The number of aromatic nitrogens is 1. The number of hydrogen-bond acceptors (Lipinski definition) is 4. The van der Waals surface area contributed by atoms with E-state index in [4.69, 9.17) is 12.2 Å². The highest BCUT2D eigenvalue weighted by Gasteiger charge is 2.09. The Morgan fingerprint density at radius 1 is 1.00 bits per heavy atom. The molecule has 0 atom stereocenters. The van der Waals surface area contributed by atoms with Crippen molar-refractivity contribution in [1.29, 1.82) is 0 Å². The fourth-order valence-electron chi connectivity index (χ4n) is 2.81. The summed E-state index contributed by atoms with van der Waals surface area (Å²) in [7, 11) is 0. The Balaban J connectivity index is 1.35. The maximum atomic E-state index is 13.0. The van der Waals surface area contributed by atoms with Gasteiger partial charge in [-0.05, 0) is 66.3 Å². The van der Waals surface area contributed by atoms with Gasteiger partial charge in [0.1, 0.15) is 5.82 Å². The topological polar surface area (TPSA) is 54.0 Å². The molecular weight excluding hydrogens is 405 g/mol. The van der Waals surface area contributed by atoms with E-state index >= 15 is 0 Å². The highest BCUT2D eigenvalue weighted by molar-refractivity contribution is 7.80. The minimum absolute atomic E-state index is 0.179. The van der Waals surface area contributed by atoms with Crippen LogP contribution in [0, 0.1) is 5.82 Å². The average molecular weight is 422 g/mol. The van der Waals surface area contributed by atoms with Crippen molar-refractivity contribution < 1.29 is 9.18 Å². The zero-order chi connectivity index (χ0) is 20.2. The van der Waals surface area contributed by atoms with Crippen LogP contribution in [0.4, 0.5) is 10.1 Å². The van der Waals surface area contributed by atoms with E-state index in [1.165, 1.54) is 29.0 Å². The molecule has 2 N–H and O–H groups in total. The molecule has 7 heteroatoms. The van der Waals surface area contributed by atoms with Gasteiger partial charge in [-0.2, -0.15) is 0 Å². The maximum Gasteiger partial charge on any atom is 0.257 e. The van der Waals surface area contributed by atoms with Crippen molar-refractivity contribution in [3.63, 3.8) is 0 Å². The molecule has 1 amide bonds. The molecular formula is C22H16FN3OS2. The summed E-state index contributed by atoms with van der Waals surface area (Å²) in [4.78, 5) is 16.8. The Morgan fingerprint density at radius 3 is 2.45 bits per heavy atom. The molecule has 4 aromatic rings. The predicted octanol–water partition coefficient (Wildman–Crippen LogP) is 5.15. The first-order chi connectivity index (χ1) is 14.1. The Hall–Kier alpha value is -3.16. The Bertz CT molecular complexity index is 1140. The van der Waals surface area contributed by atoms with Crippen LogP contribution in [0.3, 0.4) is 0 Å². The van der Waals surface area contributed by atoms with Crippen molar-refractivity contribution in [3.05, 3.63) is 94.7 Å². The zero-order valence-corrected chi connectivity index (χ0v) is 16.8. The fraction of sp³-hybridized carbons (Fsp3) is 0.0455. The molecule has 4 rings (SSSR count). The molecule has 0 fully saturated rings. The van der Waals surface area contributed by atoms with Crippen molar-refractivity contribution in [1.82, 2.24) is 10.3 Å². The lowest BCUT2D eigenvalue weighted by molar-refractivity contribution is 0.0977. The number of fused-ring (bicyclic) bond motifs is 1. The monoisotopic (exact) mass is 421 g/mol. The van der Waals surface area contributed by atoms with E-state index in [0.717, 1.165) is 28.2 Å². The van der Waals surface area contributed by atoms with E-state index in [9.17, 15) is 9.18 Å². The minimum atomic E-state index is -0.395. The number of hydrogen-bond donors (Lipinski definition) is 2. The first-order valence-electron chi connectivity index (χ1n) is 8.88. The molecule has 0 spiro atoms. The van der Waals surface area contributed by atoms with Crippen LogP contribution in [0.15, 0.2) is 72.8 Å². The number of amides is 1. The number of nitrogens with zero attached hydrogens (tertiary/aromatic N) is 1. The van der Waals surface area contributed by atoms with E-state index in [-0.39, 0.29) is 5.11 Å². The van der Waals surface area contributed by atoms with Gasteiger partial charge in [-0.25, -0.2) is 9.37 Å². The number of carbonyl (C=O) groups excluding carboxylic acids is 1. The van der Waals surface area contributed by atoms with Crippen LogP contribution in [0.5, 0.6) is 0 Å². The Morgan fingerprint density at radius 2 is 1.72 bits per heavy atom. The molecule has 0 radical (unpaired) electrons. The number of benzene rings is 3. The second-order valence-corrected chi connectivity index (χ2v) is 7.89. The Labute approximate surface area is 176 Å². The molecule has 0 aliphatic carbocycles. The molecule has 0 saturated heterocycles. The summed E-state index contributed by atoms with van der Waals surface area (Å²) in [5, 5.41) is 6.81. The number of nitrogens with one attached hydrogen (secondary N) is 2. The largest absolute Gasteiger partial charge is 0.332 e. The first kappa shape index (κ1) is 19.2. The molecule has 0 aliphatic heterocycles. The molecule has 0 bridgehead atoms. The van der Waals surface area contributed by atoms with E-state index in [2.05, 4.69) is 21.7 Å². The summed E-state index contributed by atoms with van der Waals surface area (Å²) in [6.07, 6.45) is 0.755. The molecule has 1 heterocycles. The van der Waals surface area contributed by atoms with Gasteiger partial charge in [0.25, 0.3) is 5.91 Å². The molecule has 144 valence electrons. The maximum absolute atomic E-state index is 13.0. The molecule has 0 unspecified atom stereocenters. The highest BCUT2D eigenvalue weighted by Crippen LogP contribution is 2.24. The summed E-state index contributed by atoms with van der Waals surface area (Å²) in [5.74, 6) is -0.789. The second-order valence-electron chi connectivity index (χ2n) is 6.36.